The fourth-order valence-electron chi connectivity index (χ4n) is 4.43. The van der Waals surface area contributed by atoms with E-state index in [0.717, 1.165) is 11.1 Å². The number of carbonyl (C=O) groups is 1. The first-order valence-corrected chi connectivity index (χ1v) is 13.2. The maximum atomic E-state index is 13.9. The van der Waals surface area contributed by atoms with Gasteiger partial charge in [0, 0.05) is 29.2 Å². The van der Waals surface area contributed by atoms with Crippen molar-refractivity contribution >= 4 is 35.1 Å². The number of aliphatic imine (C=N–C) groups is 1. The molecule has 0 bridgehead atoms. The lowest BCUT2D eigenvalue weighted by molar-refractivity contribution is 0.207. The van der Waals surface area contributed by atoms with Crippen molar-refractivity contribution in [1.82, 2.24) is 15.1 Å². The van der Waals surface area contributed by atoms with E-state index < -0.39 is 6.04 Å². The number of amides is 2. The van der Waals surface area contributed by atoms with Crippen molar-refractivity contribution in [2.75, 3.05) is 40.9 Å². The molecule has 38 heavy (non-hydrogen) atoms. The van der Waals surface area contributed by atoms with Crippen LogP contribution in [0.5, 0.6) is 11.5 Å². The largest absolute Gasteiger partial charge is 0.497 e. The first-order valence-electron chi connectivity index (χ1n) is 12.4. The molecule has 1 heterocycles. The Morgan fingerprint density at radius 1 is 1.00 bits per heavy atom. The second-order valence-electron chi connectivity index (χ2n) is 9.15. The molecule has 0 saturated heterocycles. The molecule has 0 spiro atoms. The minimum Gasteiger partial charge on any atom is -0.497 e. The average Bonchev–Trinajstić information content (AvgIpc) is 3.30. The molecule has 2 atom stereocenters. The molecule has 0 aromatic heterocycles. The van der Waals surface area contributed by atoms with Crippen LogP contribution in [0.15, 0.2) is 71.7 Å². The lowest BCUT2D eigenvalue weighted by Gasteiger charge is -2.30. The highest BCUT2D eigenvalue weighted by molar-refractivity contribution is 6.30. The Balaban J connectivity index is 1.88. The summed E-state index contributed by atoms with van der Waals surface area (Å²) in [6.45, 7) is 3.54. The van der Waals surface area contributed by atoms with Gasteiger partial charge in [-0.05, 0) is 68.5 Å². The number of urea groups is 1. The number of nitrogens with one attached hydrogen (secondary N) is 1. The van der Waals surface area contributed by atoms with Gasteiger partial charge in [0.05, 0.1) is 25.3 Å². The van der Waals surface area contributed by atoms with Crippen LogP contribution in [0.3, 0.4) is 0 Å². The monoisotopic (exact) mass is 554 g/mol. The maximum absolute atomic E-state index is 13.9. The van der Waals surface area contributed by atoms with Crippen LogP contribution >= 0.6 is 23.2 Å². The van der Waals surface area contributed by atoms with Gasteiger partial charge in [0.15, 0.2) is 0 Å². The van der Waals surface area contributed by atoms with Crippen molar-refractivity contribution in [1.29, 1.82) is 0 Å². The zero-order valence-corrected chi connectivity index (χ0v) is 23.5. The molecule has 1 aliphatic rings. The molecule has 200 valence electrons. The zero-order valence-electron chi connectivity index (χ0n) is 21.9. The Kier molecular flexibility index (Phi) is 9.15. The quantitative estimate of drug-likeness (QED) is 0.341. The van der Waals surface area contributed by atoms with E-state index in [1.807, 2.05) is 92.6 Å². The molecule has 0 fully saturated rings. The molecular formula is C29H32Cl2N4O3. The van der Waals surface area contributed by atoms with E-state index in [2.05, 4.69) is 5.32 Å². The number of rotatable bonds is 9. The van der Waals surface area contributed by atoms with Crippen LogP contribution in [0.4, 0.5) is 4.79 Å². The molecule has 1 aliphatic heterocycles. The Labute approximate surface area is 234 Å². The minimum atomic E-state index is -0.431. The third-order valence-electron chi connectivity index (χ3n) is 6.27. The van der Waals surface area contributed by atoms with Gasteiger partial charge in [-0.2, -0.15) is 0 Å². The number of hydrogen-bond donors (Lipinski definition) is 1. The summed E-state index contributed by atoms with van der Waals surface area (Å²) < 4.78 is 11.4. The highest BCUT2D eigenvalue weighted by Crippen LogP contribution is 2.45. The number of hydrogen-bond acceptors (Lipinski definition) is 5. The van der Waals surface area contributed by atoms with Crippen LogP contribution in [-0.4, -0.2) is 62.6 Å². The standard InChI is InChI=1S/C29H32Cl2N4O3/c1-5-38-25-18-23(37-4)14-15-24(25)28-33-26(19-6-10-21(30)11-7-19)27(20-8-12-22(31)13-9-20)35(28)29(36)32-16-17-34(2)3/h6-15,18,26-27H,5,16-17H2,1-4H3,(H,32,36). The second kappa shape index (κ2) is 12.5. The molecule has 3 aromatic rings. The number of halogens is 2. The summed E-state index contributed by atoms with van der Waals surface area (Å²) in [4.78, 5) is 22.8. The summed E-state index contributed by atoms with van der Waals surface area (Å²) in [6, 6.07) is 19.6. The average molecular weight is 556 g/mol. The summed E-state index contributed by atoms with van der Waals surface area (Å²) in [5.41, 5.74) is 2.54. The molecular weight excluding hydrogens is 523 g/mol. The van der Waals surface area contributed by atoms with Crippen LogP contribution in [0.1, 0.15) is 35.7 Å². The normalized spacial score (nSPS) is 16.9. The SMILES string of the molecule is CCOc1cc(OC)ccc1C1=NC(c2ccc(Cl)cc2)C(c2ccc(Cl)cc2)N1C(=O)NCCN(C)C. The van der Waals surface area contributed by atoms with Gasteiger partial charge >= 0.3 is 6.03 Å². The van der Waals surface area contributed by atoms with E-state index in [-0.39, 0.29) is 12.1 Å². The predicted octanol–water partition coefficient (Wildman–Crippen LogP) is 6.22. The van der Waals surface area contributed by atoms with Crippen molar-refractivity contribution in [2.45, 2.75) is 19.0 Å². The van der Waals surface area contributed by atoms with Gasteiger partial charge in [-0.3, -0.25) is 9.89 Å². The molecule has 9 heteroatoms. The molecule has 0 aliphatic carbocycles. The third kappa shape index (κ3) is 6.23. The van der Waals surface area contributed by atoms with Crippen LogP contribution in [0, 0.1) is 0 Å². The van der Waals surface area contributed by atoms with E-state index in [0.29, 0.717) is 52.6 Å². The first-order chi connectivity index (χ1) is 18.3. The summed E-state index contributed by atoms with van der Waals surface area (Å²) >= 11 is 12.4. The van der Waals surface area contributed by atoms with Crippen molar-refractivity contribution in [3.8, 4) is 11.5 Å². The van der Waals surface area contributed by atoms with E-state index in [9.17, 15) is 4.79 Å². The third-order valence-corrected chi connectivity index (χ3v) is 6.78. The Morgan fingerprint density at radius 3 is 2.21 bits per heavy atom. The number of likely N-dealkylation sites (N-methyl/N-ethyl adjacent to an activating group) is 1. The molecule has 1 N–H and O–H groups in total. The van der Waals surface area contributed by atoms with Crippen LogP contribution in [0.2, 0.25) is 10.0 Å². The number of ether oxygens (including phenoxy) is 2. The lowest BCUT2D eigenvalue weighted by atomic mass is 9.94. The van der Waals surface area contributed by atoms with Crippen LogP contribution < -0.4 is 14.8 Å². The zero-order chi connectivity index (χ0) is 27.2. The summed E-state index contributed by atoms with van der Waals surface area (Å²) in [5, 5.41) is 4.32. The van der Waals surface area contributed by atoms with E-state index in [1.54, 1.807) is 12.0 Å². The Bertz CT molecular complexity index is 1280. The Hall–Kier alpha value is -3.26. The van der Waals surface area contributed by atoms with E-state index in [1.165, 1.54) is 0 Å². The molecule has 2 unspecified atom stereocenters. The second-order valence-corrected chi connectivity index (χ2v) is 10.0. The van der Waals surface area contributed by atoms with Gasteiger partial charge < -0.3 is 19.7 Å². The lowest BCUT2D eigenvalue weighted by Crippen LogP contribution is -2.46. The number of amidine groups is 1. The smallest absolute Gasteiger partial charge is 0.323 e. The van der Waals surface area contributed by atoms with Gasteiger partial charge in [0.2, 0.25) is 0 Å². The number of methoxy groups -OCH3 is 1. The maximum Gasteiger partial charge on any atom is 0.323 e. The molecule has 7 nitrogen and oxygen atoms in total. The first kappa shape index (κ1) is 27.8. The predicted molar refractivity (Wildman–Crippen MR) is 153 cm³/mol. The fraction of sp³-hybridized carbons (Fsp3) is 0.310. The topological polar surface area (TPSA) is 66.4 Å². The summed E-state index contributed by atoms with van der Waals surface area (Å²) in [6.07, 6.45) is 0. The van der Waals surface area contributed by atoms with Crippen molar-refractivity contribution in [3.05, 3.63) is 93.5 Å². The van der Waals surface area contributed by atoms with Crippen LogP contribution in [0.25, 0.3) is 0 Å². The van der Waals surface area contributed by atoms with Gasteiger partial charge in [0.25, 0.3) is 0 Å². The number of benzene rings is 3. The highest BCUT2D eigenvalue weighted by atomic mass is 35.5. The van der Waals surface area contributed by atoms with Crippen molar-refractivity contribution < 1.29 is 14.3 Å². The van der Waals surface area contributed by atoms with Crippen LogP contribution in [-0.2, 0) is 0 Å². The Morgan fingerprint density at radius 2 is 1.63 bits per heavy atom. The molecule has 0 radical (unpaired) electrons. The van der Waals surface area contributed by atoms with Gasteiger partial charge in [-0.25, -0.2) is 4.79 Å². The van der Waals surface area contributed by atoms with E-state index in [4.69, 9.17) is 37.7 Å². The minimum absolute atomic E-state index is 0.250. The summed E-state index contributed by atoms with van der Waals surface area (Å²) in [7, 11) is 5.54. The van der Waals surface area contributed by atoms with Gasteiger partial charge in [0.1, 0.15) is 23.4 Å². The number of nitrogens with zero attached hydrogens (tertiary/aromatic N) is 3. The number of carbonyl (C=O) groups excluding carboxylic acids is 1. The van der Waals surface area contributed by atoms with Crippen molar-refractivity contribution in [2.24, 2.45) is 4.99 Å². The molecule has 0 saturated carbocycles. The van der Waals surface area contributed by atoms with Gasteiger partial charge in [-0.15, -0.1) is 0 Å². The molecule has 2 amide bonds. The fourth-order valence-corrected chi connectivity index (χ4v) is 4.68. The van der Waals surface area contributed by atoms with E-state index >= 15 is 0 Å². The summed E-state index contributed by atoms with van der Waals surface area (Å²) in [5.74, 6) is 1.75. The molecule has 3 aromatic carbocycles. The highest BCUT2D eigenvalue weighted by Gasteiger charge is 2.43. The van der Waals surface area contributed by atoms with Gasteiger partial charge in [-0.1, -0.05) is 47.5 Å². The van der Waals surface area contributed by atoms with Crippen molar-refractivity contribution in [3.63, 3.8) is 0 Å². The molecule has 4 rings (SSSR count).